The maximum absolute atomic E-state index is 12.6. The van der Waals surface area contributed by atoms with Crippen LogP contribution in [0.25, 0.3) is 6.08 Å². The van der Waals surface area contributed by atoms with Crippen LogP contribution >= 0.6 is 0 Å². The number of ether oxygens (including phenoxy) is 2. The Labute approximate surface area is 236 Å². The fourth-order valence-electron chi connectivity index (χ4n) is 3.87. The van der Waals surface area contributed by atoms with E-state index in [-0.39, 0.29) is 23.8 Å². The number of nitrogens with zero attached hydrogens (tertiary/aromatic N) is 2. The van der Waals surface area contributed by atoms with Crippen molar-refractivity contribution in [2.75, 3.05) is 11.9 Å². The number of anilines is 2. The minimum Gasteiger partial charge on any atom is -0.457 e. The quantitative estimate of drug-likeness (QED) is 0.157. The average molecular weight is 571 g/mol. The van der Waals surface area contributed by atoms with Crippen molar-refractivity contribution in [1.29, 1.82) is 0 Å². The summed E-state index contributed by atoms with van der Waals surface area (Å²) in [5, 5.41) is 15.9. The molecule has 8 nitrogen and oxygen atoms in total. The smallest absolute Gasteiger partial charge is 0.457 e. The number of hydrogen-bond acceptors (Lipinski definition) is 7. The highest BCUT2D eigenvalue weighted by Gasteiger charge is 2.31. The first-order valence-corrected chi connectivity index (χ1v) is 12.9. The van der Waals surface area contributed by atoms with Gasteiger partial charge in [-0.2, -0.15) is 0 Å². The Kier molecular flexibility index (Phi) is 10.5. The van der Waals surface area contributed by atoms with Crippen LogP contribution in [-0.2, 0) is 11.2 Å². The number of rotatable bonds is 13. The Morgan fingerprint density at radius 2 is 1.88 bits per heavy atom. The van der Waals surface area contributed by atoms with Gasteiger partial charge in [0.1, 0.15) is 29.4 Å². The first kappa shape index (κ1) is 31.2. The summed E-state index contributed by atoms with van der Waals surface area (Å²) in [6.45, 7) is 9.09. The fourth-order valence-corrected chi connectivity index (χ4v) is 3.87. The van der Waals surface area contributed by atoms with Crippen molar-refractivity contribution in [3.8, 4) is 17.2 Å². The molecule has 0 radical (unpaired) electrons. The van der Waals surface area contributed by atoms with Crippen LogP contribution in [0.5, 0.6) is 17.2 Å². The van der Waals surface area contributed by atoms with Crippen LogP contribution in [0.15, 0.2) is 67.5 Å². The maximum atomic E-state index is 12.6. The van der Waals surface area contributed by atoms with Crippen molar-refractivity contribution >= 4 is 23.5 Å². The van der Waals surface area contributed by atoms with E-state index in [2.05, 4.69) is 31.9 Å². The first-order valence-electron chi connectivity index (χ1n) is 12.9. The molecule has 0 aliphatic rings. The molecular weight excluding hydrogens is 537 g/mol. The average Bonchev–Trinajstić information content (AvgIpc) is 2.86. The van der Waals surface area contributed by atoms with Crippen LogP contribution in [0, 0.1) is 6.92 Å². The summed E-state index contributed by atoms with van der Waals surface area (Å²) in [6.07, 6.45) is 3.05. The van der Waals surface area contributed by atoms with E-state index >= 15 is 0 Å². The second kappa shape index (κ2) is 13.8. The molecule has 1 heterocycles. The summed E-state index contributed by atoms with van der Waals surface area (Å²) >= 11 is 0. The van der Waals surface area contributed by atoms with Gasteiger partial charge in [-0.05, 0) is 75.6 Å². The molecule has 0 atom stereocenters. The highest BCUT2D eigenvalue weighted by atomic mass is 19.4. The Balaban J connectivity index is 1.74. The van der Waals surface area contributed by atoms with Crippen molar-refractivity contribution in [2.24, 2.45) is 0 Å². The fraction of sp³-hybridized carbons (Fsp3) is 0.300. The molecular formula is C30H33F3N4O4. The predicted octanol–water partition coefficient (Wildman–Crippen LogP) is 6.63. The van der Waals surface area contributed by atoms with Crippen LogP contribution in [0.3, 0.4) is 0 Å². The van der Waals surface area contributed by atoms with E-state index in [0.717, 1.165) is 17.2 Å². The van der Waals surface area contributed by atoms with Crippen LogP contribution in [0.1, 0.15) is 43.5 Å². The molecule has 41 heavy (non-hydrogen) atoms. The van der Waals surface area contributed by atoms with Gasteiger partial charge in [0.15, 0.2) is 0 Å². The lowest BCUT2D eigenvalue weighted by Crippen LogP contribution is -2.32. The second-order valence-electron chi connectivity index (χ2n) is 9.85. The number of halogens is 3. The molecule has 0 spiro atoms. The van der Waals surface area contributed by atoms with Crippen molar-refractivity contribution < 1.29 is 32.5 Å². The van der Waals surface area contributed by atoms with Gasteiger partial charge in [0.2, 0.25) is 5.91 Å². The normalized spacial score (nSPS) is 11.8. The molecule has 0 fully saturated rings. The number of hydrogen-bond donors (Lipinski definition) is 3. The lowest BCUT2D eigenvalue weighted by Gasteiger charge is -2.17. The van der Waals surface area contributed by atoms with E-state index in [4.69, 9.17) is 4.74 Å². The van der Waals surface area contributed by atoms with Crippen LogP contribution in [0.4, 0.5) is 24.7 Å². The molecule has 0 aliphatic heterocycles. The SMILES string of the molecule is C=CC=Cc1ncnc(Nc2ccc(Oc3cccc(OC(F)(F)F)c3)c(C)c2)c1CCCNC(=O)CC(C)(C)O. The number of aromatic nitrogens is 2. The predicted molar refractivity (Wildman–Crippen MR) is 151 cm³/mol. The third-order valence-electron chi connectivity index (χ3n) is 5.59. The Morgan fingerprint density at radius 3 is 2.56 bits per heavy atom. The largest absolute Gasteiger partial charge is 0.573 e. The van der Waals surface area contributed by atoms with Gasteiger partial charge in [-0.25, -0.2) is 9.97 Å². The van der Waals surface area contributed by atoms with Crippen LogP contribution in [-0.4, -0.2) is 39.5 Å². The van der Waals surface area contributed by atoms with Gasteiger partial charge >= 0.3 is 6.36 Å². The van der Waals surface area contributed by atoms with E-state index in [1.165, 1.54) is 24.5 Å². The number of aliphatic hydroxyl groups is 1. The van der Waals surface area contributed by atoms with E-state index < -0.39 is 12.0 Å². The molecule has 0 aliphatic carbocycles. The van der Waals surface area contributed by atoms with Gasteiger partial charge < -0.3 is 25.2 Å². The van der Waals surface area contributed by atoms with E-state index in [9.17, 15) is 23.1 Å². The molecule has 0 unspecified atom stereocenters. The molecule has 3 aromatic rings. The molecule has 218 valence electrons. The zero-order chi connectivity index (χ0) is 30.0. The summed E-state index contributed by atoms with van der Waals surface area (Å²) in [4.78, 5) is 20.8. The topological polar surface area (TPSA) is 106 Å². The summed E-state index contributed by atoms with van der Waals surface area (Å²) < 4.78 is 47.5. The van der Waals surface area contributed by atoms with Crippen molar-refractivity contribution in [2.45, 2.75) is 52.0 Å². The Hall–Kier alpha value is -4.38. The third-order valence-corrected chi connectivity index (χ3v) is 5.59. The van der Waals surface area contributed by atoms with E-state index in [1.807, 2.05) is 19.1 Å². The van der Waals surface area contributed by atoms with Gasteiger partial charge in [0.25, 0.3) is 0 Å². The minimum absolute atomic E-state index is 0.00735. The van der Waals surface area contributed by atoms with E-state index in [1.54, 1.807) is 38.1 Å². The molecule has 11 heteroatoms. The van der Waals surface area contributed by atoms with Crippen molar-refractivity contribution in [3.63, 3.8) is 0 Å². The zero-order valence-corrected chi connectivity index (χ0v) is 23.1. The molecule has 0 bridgehead atoms. The lowest BCUT2D eigenvalue weighted by atomic mass is 10.0. The van der Waals surface area contributed by atoms with Gasteiger partial charge in [-0.1, -0.05) is 24.8 Å². The molecule has 2 aromatic carbocycles. The molecule has 1 aromatic heterocycles. The number of carbonyl (C=O) groups is 1. The van der Waals surface area contributed by atoms with Crippen molar-refractivity contribution in [1.82, 2.24) is 15.3 Å². The molecule has 0 saturated carbocycles. The summed E-state index contributed by atoms with van der Waals surface area (Å²) in [5.41, 5.74) is 1.89. The summed E-state index contributed by atoms with van der Waals surface area (Å²) in [7, 11) is 0. The van der Waals surface area contributed by atoms with Crippen LogP contribution in [0.2, 0.25) is 0 Å². The summed E-state index contributed by atoms with van der Waals surface area (Å²) in [6, 6.07) is 10.6. The van der Waals surface area contributed by atoms with Crippen LogP contribution < -0.4 is 20.1 Å². The number of benzene rings is 2. The standard InChI is InChI=1S/C30H33F3N4O4/c1-5-6-12-25-24(11-8-15-34-27(38)18-29(3,4)39)28(36-19-35-25)37-21-13-14-26(20(2)16-21)40-22-9-7-10-23(17-22)41-30(31,32)33/h5-7,9-10,12-14,16-17,19,39H,1,8,11,15,18H2,2-4H3,(H,34,38)(H,35,36,37). The van der Waals surface area contributed by atoms with Gasteiger partial charge in [-0.3, -0.25) is 4.79 Å². The lowest BCUT2D eigenvalue weighted by molar-refractivity contribution is -0.274. The van der Waals surface area contributed by atoms with Gasteiger partial charge in [-0.15, -0.1) is 13.2 Å². The monoisotopic (exact) mass is 570 g/mol. The number of allylic oxidation sites excluding steroid dienone is 2. The van der Waals surface area contributed by atoms with E-state index in [0.29, 0.717) is 42.3 Å². The number of alkyl halides is 3. The van der Waals surface area contributed by atoms with Gasteiger partial charge in [0, 0.05) is 23.9 Å². The van der Waals surface area contributed by atoms with Gasteiger partial charge in [0.05, 0.1) is 17.7 Å². The second-order valence-corrected chi connectivity index (χ2v) is 9.85. The number of carbonyl (C=O) groups excluding carboxylic acids is 1. The molecule has 3 rings (SSSR count). The number of aryl methyl sites for hydroxylation is 1. The molecule has 3 N–H and O–H groups in total. The highest BCUT2D eigenvalue weighted by molar-refractivity contribution is 5.76. The Morgan fingerprint density at radius 1 is 1.12 bits per heavy atom. The minimum atomic E-state index is -4.80. The first-order chi connectivity index (χ1) is 19.3. The number of nitrogens with one attached hydrogen (secondary N) is 2. The van der Waals surface area contributed by atoms with Crippen molar-refractivity contribution in [3.05, 3.63) is 84.3 Å². The maximum Gasteiger partial charge on any atom is 0.573 e. The number of amides is 1. The highest BCUT2D eigenvalue weighted by Crippen LogP contribution is 2.32. The summed E-state index contributed by atoms with van der Waals surface area (Å²) in [5.74, 6) is 0.627. The zero-order valence-electron chi connectivity index (χ0n) is 23.1. The molecule has 1 amide bonds. The third kappa shape index (κ3) is 10.6. The molecule has 0 saturated heterocycles. The Bertz CT molecular complexity index is 1380.